The van der Waals surface area contributed by atoms with Crippen LogP contribution in [0, 0.1) is 13.8 Å². The first-order valence-electron chi connectivity index (χ1n) is 7.58. The summed E-state index contributed by atoms with van der Waals surface area (Å²) in [5, 5.41) is 3.33. The van der Waals surface area contributed by atoms with Crippen molar-refractivity contribution in [3.63, 3.8) is 0 Å². The smallest absolute Gasteiger partial charge is 0.148 e. The summed E-state index contributed by atoms with van der Waals surface area (Å²) in [7, 11) is 0. The molecule has 0 radical (unpaired) electrons. The Bertz CT molecular complexity index is 608. The van der Waals surface area contributed by atoms with E-state index in [1.54, 1.807) is 0 Å². The van der Waals surface area contributed by atoms with Crippen LogP contribution in [0.15, 0.2) is 30.3 Å². The van der Waals surface area contributed by atoms with Gasteiger partial charge in [-0.25, -0.2) is 0 Å². The van der Waals surface area contributed by atoms with E-state index in [-0.39, 0.29) is 0 Å². The van der Waals surface area contributed by atoms with E-state index >= 15 is 0 Å². The summed E-state index contributed by atoms with van der Waals surface area (Å²) < 4.78 is 6.06. The summed E-state index contributed by atoms with van der Waals surface area (Å²) >= 11 is 0. The molecule has 21 heavy (non-hydrogen) atoms. The predicted molar refractivity (Wildman–Crippen MR) is 87.0 cm³/mol. The molecule has 0 aliphatic rings. The lowest BCUT2D eigenvalue weighted by Crippen LogP contribution is -2.11. The normalized spacial score (nSPS) is 10.7. The Morgan fingerprint density at radius 3 is 2.48 bits per heavy atom. The van der Waals surface area contributed by atoms with Crippen molar-refractivity contribution in [1.82, 2.24) is 10.3 Å². The molecule has 112 valence electrons. The van der Waals surface area contributed by atoms with Gasteiger partial charge >= 0.3 is 0 Å². The molecule has 3 heteroatoms. The van der Waals surface area contributed by atoms with E-state index < -0.39 is 0 Å². The number of benzene rings is 1. The van der Waals surface area contributed by atoms with Crippen LogP contribution < -0.4 is 10.1 Å². The number of nitrogens with zero attached hydrogens (tertiary/aromatic N) is 1. The van der Waals surface area contributed by atoms with Gasteiger partial charge in [0.1, 0.15) is 11.5 Å². The Balaban J connectivity index is 2.20. The zero-order valence-corrected chi connectivity index (χ0v) is 13.4. The number of pyridine rings is 1. The molecule has 0 aliphatic heterocycles. The molecule has 3 nitrogen and oxygen atoms in total. The van der Waals surface area contributed by atoms with E-state index in [0.717, 1.165) is 48.0 Å². The van der Waals surface area contributed by atoms with Gasteiger partial charge in [-0.2, -0.15) is 0 Å². The van der Waals surface area contributed by atoms with Crippen LogP contribution in [0.1, 0.15) is 36.4 Å². The molecule has 0 spiro atoms. The van der Waals surface area contributed by atoms with Gasteiger partial charge in [0.05, 0.1) is 5.69 Å². The number of nitrogens with one attached hydrogen (secondary N) is 1. The SMILES string of the molecule is CCNCc1ccc(Oc2ccc(C)nc2CC)c(C)c1. The fourth-order valence-electron chi connectivity index (χ4n) is 2.27. The summed E-state index contributed by atoms with van der Waals surface area (Å²) in [4.78, 5) is 4.54. The Morgan fingerprint density at radius 1 is 1.05 bits per heavy atom. The maximum atomic E-state index is 6.06. The van der Waals surface area contributed by atoms with E-state index in [1.165, 1.54) is 5.56 Å². The minimum Gasteiger partial charge on any atom is -0.455 e. The third kappa shape index (κ3) is 4.05. The summed E-state index contributed by atoms with van der Waals surface area (Å²) in [6.45, 7) is 10.2. The molecule has 0 unspecified atom stereocenters. The molecule has 0 atom stereocenters. The van der Waals surface area contributed by atoms with Gasteiger partial charge in [-0.1, -0.05) is 26.0 Å². The Labute approximate surface area is 127 Å². The summed E-state index contributed by atoms with van der Waals surface area (Å²) in [5.74, 6) is 1.75. The molecule has 1 heterocycles. The number of hydrogen-bond acceptors (Lipinski definition) is 3. The topological polar surface area (TPSA) is 34.1 Å². The third-order valence-electron chi connectivity index (χ3n) is 3.44. The second kappa shape index (κ2) is 7.23. The summed E-state index contributed by atoms with van der Waals surface area (Å²) in [6.07, 6.45) is 0.870. The Morgan fingerprint density at radius 2 is 1.81 bits per heavy atom. The van der Waals surface area contributed by atoms with Crippen LogP contribution in [-0.4, -0.2) is 11.5 Å². The van der Waals surface area contributed by atoms with Crippen LogP contribution in [0.4, 0.5) is 0 Å². The van der Waals surface area contributed by atoms with Crippen LogP contribution in [0.3, 0.4) is 0 Å². The fourth-order valence-corrected chi connectivity index (χ4v) is 2.27. The average molecular weight is 284 g/mol. The van der Waals surface area contributed by atoms with Gasteiger partial charge in [0.2, 0.25) is 0 Å². The van der Waals surface area contributed by atoms with Crippen molar-refractivity contribution in [2.75, 3.05) is 6.54 Å². The van der Waals surface area contributed by atoms with Gasteiger partial charge in [0.15, 0.2) is 0 Å². The molecule has 0 saturated carbocycles. The molecule has 1 aromatic heterocycles. The molecule has 0 fully saturated rings. The van der Waals surface area contributed by atoms with Crippen molar-refractivity contribution in [2.45, 2.75) is 40.7 Å². The van der Waals surface area contributed by atoms with Gasteiger partial charge in [0, 0.05) is 12.2 Å². The van der Waals surface area contributed by atoms with E-state index in [9.17, 15) is 0 Å². The Hall–Kier alpha value is -1.87. The second-order valence-corrected chi connectivity index (χ2v) is 5.23. The van der Waals surface area contributed by atoms with Crippen LogP contribution >= 0.6 is 0 Å². The van der Waals surface area contributed by atoms with Gasteiger partial charge in [-0.05, 0) is 56.1 Å². The number of aromatic nitrogens is 1. The highest BCUT2D eigenvalue weighted by Gasteiger charge is 2.08. The Kier molecular flexibility index (Phi) is 5.34. The lowest BCUT2D eigenvalue weighted by molar-refractivity contribution is 0.469. The van der Waals surface area contributed by atoms with Crippen LogP contribution in [-0.2, 0) is 13.0 Å². The predicted octanol–water partition coefficient (Wildman–Crippen LogP) is 4.16. The molecule has 2 aromatic rings. The maximum Gasteiger partial charge on any atom is 0.148 e. The van der Waals surface area contributed by atoms with Gasteiger partial charge in [-0.3, -0.25) is 4.98 Å². The standard InChI is InChI=1S/C18H24N2O/c1-5-16-18(9-7-14(4)20-16)21-17-10-8-15(11-13(17)3)12-19-6-2/h7-11,19H,5-6,12H2,1-4H3. The molecule has 2 rings (SSSR count). The van der Waals surface area contributed by atoms with Crippen molar-refractivity contribution in [3.05, 3.63) is 52.8 Å². The first-order valence-corrected chi connectivity index (χ1v) is 7.58. The van der Waals surface area contributed by atoms with Gasteiger partial charge in [0.25, 0.3) is 0 Å². The van der Waals surface area contributed by atoms with Crippen molar-refractivity contribution >= 4 is 0 Å². The lowest BCUT2D eigenvalue weighted by atomic mass is 10.1. The van der Waals surface area contributed by atoms with Crippen LogP contribution in [0.25, 0.3) is 0 Å². The zero-order valence-electron chi connectivity index (χ0n) is 13.4. The summed E-state index contributed by atoms with van der Waals surface area (Å²) in [6, 6.07) is 10.3. The highest BCUT2D eigenvalue weighted by molar-refractivity contribution is 5.41. The average Bonchev–Trinajstić information content (AvgIpc) is 2.49. The van der Waals surface area contributed by atoms with E-state index in [4.69, 9.17) is 4.74 Å². The highest BCUT2D eigenvalue weighted by Crippen LogP contribution is 2.28. The van der Waals surface area contributed by atoms with Crippen molar-refractivity contribution < 1.29 is 4.74 Å². The third-order valence-corrected chi connectivity index (χ3v) is 3.44. The van der Waals surface area contributed by atoms with Gasteiger partial charge < -0.3 is 10.1 Å². The molecule has 1 aromatic carbocycles. The summed E-state index contributed by atoms with van der Waals surface area (Å²) in [5.41, 5.74) is 4.45. The molecule has 1 N–H and O–H groups in total. The minimum atomic E-state index is 0.852. The minimum absolute atomic E-state index is 0.852. The van der Waals surface area contributed by atoms with E-state index in [0.29, 0.717) is 0 Å². The van der Waals surface area contributed by atoms with Crippen LogP contribution in [0.5, 0.6) is 11.5 Å². The highest BCUT2D eigenvalue weighted by atomic mass is 16.5. The van der Waals surface area contributed by atoms with Crippen molar-refractivity contribution in [1.29, 1.82) is 0 Å². The van der Waals surface area contributed by atoms with Gasteiger partial charge in [-0.15, -0.1) is 0 Å². The monoisotopic (exact) mass is 284 g/mol. The lowest BCUT2D eigenvalue weighted by Gasteiger charge is -2.13. The van der Waals surface area contributed by atoms with E-state index in [1.807, 2.05) is 25.1 Å². The number of hydrogen-bond donors (Lipinski definition) is 1. The van der Waals surface area contributed by atoms with Crippen molar-refractivity contribution in [3.8, 4) is 11.5 Å². The van der Waals surface area contributed by atoms with Crippen molar-refractivity contribution in [2.24, 2.45) is 0 Å². The number of rotatable bonds is 6. The van der Waals surface area contributed by atoms with Crippen LogP contribution in [0.2, 0.25) is 0 Å². The molecule has 0 saturated heterocycles. The second-order valence-electron chi connectivity index (χ2n) is 5.23. The maximum absolute atomic E-state index is 6.06. The first-order chi connectivity index (χ1) is 10.1. The first kappa shape index (κ1) is 15.5. The number of aryl methyl sites for hydroxylation is 3. The van der Waals surface area contributed by atoms with E-state index in [2.05, 4.69) is 43.2 Å². The molecule has 0 amide bonds. The largest absolute Gasteiger partial charge is 0.455 e. The fraction of sp³-hybridized carbons (Fsp3) is 0.389. The molecule has 0 bridgehead atoms. The number of ether oxygens (including phenoxy) is 1. The molecule has 0 aliphatic carbocycles. The quantitative estimate of drug-likeness (QED) is 0.864. The molecular formula is C18H24N2O. The zero-order chi connectivity index (χ0) is 15.2. The molecular weight excluding hydrogens is 260 g/mol.